The molecule has 19 heavy (non-hydrogen) atoms. The van der Waals surface area contributed by atoms with Crippen molar-refractivity contribution < 1.29 is 21.9 Å². The predicted octanol–water partition coefficient (Wildman–Crippen LogP) is 0.968. The van der Waals surface area contributed by atoms with Gasteiger partial charge in [0.1, 0.15) is 5.75 Å². The third kappa shape index (κ3) is 4.74. The van der Waals surface area contributed by atoms with E-state index in [1.54, 1.807) is 0 Å². The molecule has 1 rings (SSSR count). The third-order valence-electron chi connectivity index (χ3n) is 1.74. The second kappa shape index (κ2) is 6.28. The van der Waals surface area contributed by atoms with Crippen molar-refractivity contribution in [2.45, 2.75) is 11.5 Å². The minimum absolute atomic E-state index is 0.275. The van der Waals surface area contributed by atoms with Gasteiger partial charge in [0.15, 0.2) is 5.11 Å². The average Bonchev–Trinajstić information content (AvgIpc) is 2.28. The fourth-order valence-corrected chi connectivity index (χ4v) is 2.30. The summed E-state index contributed by atoms with van der Waals surface area (Å²) in [6.07, 6.45) is 0. The molecule has 6 nitrogen and oxygen atoms in total. The molecule has 0 heterocycles. The van der Waals surface area contributed by atoms with Crippen LogP contribution in [-0.4, -0.2) is 20.1 Å². The number of thiocarbonyl (C=S) groups is 1. The Balaban J connectivity index is 2.97. The molecule has 4 N–H and O–H groups in total. The van der Waals surface area contributed by atoms with Crippen molar-refractivity contribution in [1.82, 2.24) is 10.3 Å². The van der Waals surface area contributed by atoms with Crippen LogP contribution in [0, 0.1) is 0 Å². The van der Waals surface area contributed by atoms with E-state index in [9.17, 15) is 17.2 Å². The van der Waals surface area contributed by atoms with Crippen LogP contribution in [0.1, 0.15) is 0 Å². The summed E-state index contributed by atoms with van der Waals surface area (Å²) in [6, 6.07) is 2.99. The summed E-state index contributed by atoms with van der Waals surface area (Å²) in [5.74, 6) is -0.335. The fourth-order valence-electron chi connectivity index (χ4n) is 1.02. The quantitative estimate of drug-likeness (QED) is 0.550. The number of rotatable bonds is 5. The van der Waals surface area contributed by atoms with Gasteiger partial charge in [-0.05, 0) is 30.4 Å². The topological polar surface area (TPSA) is 93.5 Å². The van der Waals surface area contributed by atoms with Crippen molar-refractivity contribution in [2.24, 2.45) is 5.73 Å². The highest BCUT2D eigenvalue weighted by Gasteiger charge is 2.17. The molecule has 1 aromatic carbocycles. The number of hydrogen-bond acceptors (Lipinski definition) is 4. The normalized spacial score (nSPS) is 11.4. The minimum atomic E-state index is -3.98. The van der Waals surface area contributed by atoms with E-state index in [1.165, 1.54) is 0 Å². The van der Waals surface area contributed by atoms with Crippen LogP contribution in [0.25, 0.3) is 0 Å². The molecule has 1 aromatic rings. The summed E-state index contributed by atoms with van der Waals surface area (Å²) in [5.41, 5.74) is 7.08. The number of alkyl halides is 2. The Morgan fingerprint density at radius 1 is 1.47 bits per heavy atom. The highest BCUT2D eigenvalue weighted by molar-refractivity contribution is 7.89. The van der Waals surface area contributed by atoms with Crippen molar-refractivity contribution in [2.75, 3.05) is 0 Å². The summed E-state index contributed by atoms with van der Waals surface area (Å²) in [6.45, 7) is -3.06. The molecule has 0 aliphatic heterocycles. The maximum Gasteiger partial charge on any atom is 0.387 e. The smallest absolute Gasteiger partial charge is 0.387 e. The molecular formula is C8H8ClF2N3O3S2. The molecule has 0 spiro atoms. The van der Waals surface area contributed by atoms with Crippen molar-refractivity contribution in [3.63, 3.8) is 0 Å². The van der Waals surface area contributed by atoms with Crippen LogP contribution in [0.5, 0.6) is 5.75 Å². The molecule has 0 unspecified atom stereocenters. The molecule has 0 atom stereocenters. The Labute approximate surface area is 117 Å². The van der Waals surface area contributed by atoms with Gasteiger partial charge in [-0.25, -0.2) is 8.42 Å². The van der Waals surface area contributed by atoms with Crippen LogP contribution in [0.15, 0.2) is 23.1 Å². The Hall–Kier alpha value is -1.23. The molecule has 0 saturated carbocycles. The SMILES string of the molecule is NC(=S)NNS(=O)(=O)c1ccc(OC(F)F)c(Cl)c1. The van der Waals surface area contributed by atoms with Crippen LogP contribution in [0.4, 0.5) is 8.78 Å². The lowest BCUT2D eigenvalue weighted by atomic mass is 10.3. The second-order valence-electron chi connectivity index (χ2n) is 3.07. The van der Waals surface area contributed by atoms with Crippen LogP contribution in [-0.2, 0) is 10.0 Å². The van der Waals surface area contributed by atoms with Gasteiger partial charge < -0.3 is 10.5 Å². The molecule has 0 aromatic heterocycles. The molecule has 0 saturated heterocycles. The lowest BCUT2D eigenvalue weighted by Gasteiger charge is -2.10. The van der Waals surface area contributed by atoms with E-state index in [-0.39, 0.29) is 20.8 Å². The van der Waals surface area contributed by atoms with E-state index in [2.05, 4.69) is 17.0 Å². The van der Waals surface area contributed by atoms with Gasteiger partial charge in [-0.1, -0.05) is 11.6 Å². The fraction of sp³-hybridized carbons (Fsp3) is 0.125. The van der Waals surface area contributed by atoms with Gasteiger partial charge in [0, 0.05) is 0 Å². The number of hydrogen-bond donors (Lipinski definition) is 3. The van der Waals surface area contributed by atoms with Gasteiger partial charge in [0.2, 0.25) is 0 Å². The number of hydrazine groups is 1. The van der Waals surface area contributed by atoms with E-state index in [1.807, 2.05) is 10.3 Å². The van der Waals surface area contributed by atoms with Crippen LogP contribution in [0.2, 0.25) is 5.02 Å². The second-order valence-corrected chi connectivity index (χ2v) is 5.59. The zero-order valence-corrected chi connectivity index (χ0v) is 11.5. The van der Waals surface area contributed by atoms with E-state index < -0.39 is 16.6 Å². The summed E-state index contributed by atoms with van der Waals surface area (Å²) in [4.78, 5) is 1.60. The van der Waals surface area contributed by atoms with E-state index in [0.717, 1.165) is 18.2 Å². The Morgan fingerprint density at radius 3 is 2.58 bits per heavy atom. The van der Waals surface area contributed by atoms with Gasteiger partial charge in [-0.3, -0.25) is 5.43 Å². The number of nitrogens with two attached hydrogens (primary N) is 1. The van der Waals surface area contributed by atoms with Gasteiger partial charge in [0.25, 0.3) is 10.0 Å². The molecule has 11 heteroatoms. The lowest BCUT2D eigenvalue weighted by Crippen LogP contribution is -2.44. The first-order chi connectivity index (χ1) is 8.72. The number of ether oxygens (including phenoxy) is 1. The van der Waals surface area contributed by atoms with Gasteiger partial charge >= 0.3 is 6.61 Å². The number of benzene rings is 1. The highest BCUT2D eigenvalue weighted by atomic mass is 35.5. The Morgan fingerprint density at radius 2 is 2.11 bits per heavy atom. The van der Waals surface area contributed by atoms with E-state index >= 15 is 0 Å². The van der Waals surface area contributed by atoms with Gasteiger partial charge in [0.05, 0.1) is 9.92 Å². The third-order valence-corrected chi connectivity index (χ3v) is 3.38. The predicted molar refractivity (Wildman–Crippen MR) is 68.3 cm³/mol. The molecule has 106 valence electrons. The number of nitrogens with one attached hydrogen (secondary N) is 2. The number of halogens is 3. The van der Waals surface area contributed by atoms with Gasteiger partial charge in [-0.15, -0.1) is 4.83 Å². The Bertz CT molecular complexity index is 583. The molecular weight excluding hydrogens is 324 g/mol. The average molecular weight is 332 g/mol. The van der Waals surface area contributed by atoms with Crippen molar-refractivity contribution in [3.05, 3.63) is 23.2 Å². The van der Waals surface area contributed by atoms with E-state index in [4.69, 9.17) is 17.3 Å². The molecule has 0 amide bonds. The first kappa shape index (κ1) is 15.8. The summed E-state index contributed by atoms with van der Waals surface area (Å²) < 4.78 is 51.4. The summed E-state index contributed by atoms with van der Waals surface area (Å²) in [5, 5.41) is -0.564. The molecule has 0 aliphatic rings. The first-order valence-corrected chi connectivity index (χ1v) is 6.81. The molecule has 0 bridgehead atoms. The van der Waals surface area contributed by atoms with Crippen LogP contribution >= 0.6 is 23.8 Å². The number of sulfonamides is 1. The zero-order valence-electron chi connectivity index (χ0n) is 9.06. The summed E-state index contributed by atoms with van der Waals surface area (Å²) >= 11 is 10.0. The van der Waals surface area contributed by atoms with E-state index in [0.29, 0.717) is 0 Å². The van der Waals surface area contributed by atoms with Crippen molar-refractivity contribution >= 4 is 39.0 Å². The minimum Gasteiger partial charge on any atom is -0.433 e. The largest absolute Gasteiger partial charge is 0.433 e. The van der Waals surface area contributed by atoms with Crippen LogP contribution in [0.3, 0.4) is 0 Å². The maximum atomic E-state index is 12.0. The lowest BCUT2D eigenvalue weighted by molar-refractivity contribution is -0.0498. The highest BCUT2D eigenvalue weighted by Crippen LogP contribution is 2.28. The van der Waals surface area contributed by atoms with Crippen molar-refractivity contribution in [1.29, 1.82) is 0 Å². The monoisotopic (exact) mass is 331 g/mol. The summed E-state index contributed by atoms with van der Waals surface area (Å²) in [7, 11) is -3.98. The maximum absolute atomic E-state index is 12.0. The zero-order chi connectivity index (χ0) is 14.6. The molecule has 0 aliphatic carbocycles. The molecule has 0 radical (unpaired) electrons. The van der Waals surface area contributed by atoms with Gasteiger partial charge in [-0.2, -0.15) is 8.78 Å². The standard InChI is InChI=1S/C8H8ClF2N3O3S2/c9-5-3-4(1-2-6(5)17-7(10)11)19(15,16)14-13-8(12)18/h1-3,7,14H,(H3,12,13,18). The Kier molecular flexibility index (Phi) is 5.23. The first-order valence-electron chi connectivity index (χ1n) is 4.54. The molecule has 0 fully saturated rings. The van der Waals surface area contributed by atoms with Crippen molar-refractivity contribution in [3.8, 4) is 5.75 Å². The van der Waals surface area contributed by atoms with Crippen LogP contribution < -0.4 is 20.7 Å².